The molecule has 0 radical (unpaired) electrons. The van der Waals surface area contributed by atoms with E-state index in [1.54, 1.807) is 22.7 Å². The van der Waals surface area contributed by atoms with Gasteiger partial charge in [-0.05, 0) is 71.4 Å². The van der Waals surface area contributed by atoms with Gasteiger partial charge in [0.05, 0.1) is 37.1 Å². The molecule has 60 heavy (non-hydrogen) atoms. The van der Waals surface area contributed by atoms with Gasteiger partial charge in [-0.1, -0.05) is 121 Å². The smallest absolute Gasteiger partial charge is 0.366 e. The van der Waals surface area contributed by atoms with Crippen molar-refractivity contribution in [3.8, 4) is 11.8 Å². The molecule has 0 aliphatic rings. The van der Waals surface area contributed by atoms with Crippen molar-refractivity contribution < 1.29 is 44.8 Å². The summed E-state index contributed by atoms with van der Waals surface area (Å²) in [4.78, 5) is 0. The van der Waals surface area contributed by atoms with Crippen LogP contribution in [0.5, 0.6) is 0 Å². The van der Waals surface area contributed by atoms with E-state index in [1.165, 1.54) is 73.9 Å². The standard InChI is InChI=1S/C26H24P2.2C14H7S.2Au/c1-5-13-23(14-6-1)27(24-15-7-2-8-16-24)21-22-28(25-17-9-3-10-18-25)26-19-11-4-12-20-26;2*1-2-10-7-8-12-11-5-3-4-6-13(11)15-14(12)9-10;;/h1-20H,21-22H2;2*3-9H;;/q;2*-1;2*+1/p+2. The second-order valence-electron chi connectivity index (χ2n) is 13.8. The Morgan fingerprint density at radius 2 is 0.617 bits per heavy atom. The number of thiophene rings is 2. The maximum Gasteiger partial charge on any atom is 1.00 e. The number of hydrogen-bond acceptors (Lipinski definition) is 2. The van der Waals surface area contributed by atoms with Gasteiger partial charge in [0.2, 0.25) is 0 Å². The Labute approximate surface area is 395 Å². The van der Waals surface area contributed by atoms with Crippen molar-refractivity contribution in [2.24, 2.45) is 0 Å². The van der Waals surface area contributed by atoms with E-state index < -0.39 is 15.8 Å². The Balaban J connectivity index is 0.000000160. The number of benzene rings is 8. The van der Waals surface area contributed by atoms with E-state index in [9.17, 15) is 0 Å². The minimum atomic E-state index is -0.783. The molecule has 10 aromatic rings. The molecule has 0 aliphatic heterocycles. The summed E-state index contributed by atoms with van der Waals surface area (Å²) in [5, 5.41) is 11.2. The topological polar surface area (TPSA) is 0 Å². The van der Waals surface area contributed by atoms with Gasteiger partial charge in [-0.25, -0.2) is 0 Å². The maximum atomic E-state index is 7.11. The van der Waals surface area contributed by atoms with Crippen LogP contribution >= 0.6 is 38.5 Å². The Kier molecular flexibility index (Phi) is 16.9. The molecule has 6 heteroatoms. The zero-order valence-electron chi connectivity index (χ0n) is 32.5. The zero-order valence-corrected chi connectivity index (χ0v) is 40.4. The van der Waals surface area contributed by atoms with Gasteiger partial charge in [0.25, 0.3) is 0 Å². The first-order chi connectivity index (χ1) is 28.7. The maximum absolute atomic E-state index is 7.11. The van der Waals surface area contributed by atoms with Crippen molar-refractivity contribution in [2.45, 2.75) is 0 Å². The van der Waals surface area contributed by atoms with Crippen molar-refractivity contribution in [2.75, 3.05) is 12.3 Å². The second-order valence-corrected chi connectivity index (χ2v) is 21.2. The second kappa shape index (κ2) is 22.5. The molecule has 0 fully saturated rings. The van der Waals surface area contributed by atoms with Crippen LogP contribution in [0.3, 0.4) is 0 Å². The molecule has 0 amide bonds. The predicted molar refractivity (Wildman–Crippen MR) is 262 cm³/mol. The van der Waals surface area contributed by atoms with Crippen LogP contribution in [0.15, 0.2) is 206 Å². The van der Waals surface area contributed by atoms with Crippen LogP contribution in [0.2, 0.25) is 0 Å². The molecule has 0 saturated carbocycles. The third-order valence-corrected chi connectivity index (χ3v) is 18.5. The fraction of sp³-hybridized carbons (Fsp3) is 0.0370. The third kappa shape index (κ3) is 10.9. The van der Waals surface area contributed by atoms with Gasteiger partial charge < -0.3 is 12.8 Å². The summed E-state index contributed by atoms with van der Waals surface area (Å²) in [6.07, 6.45) is 16.7. The molecule has 0 atom stereocenters. The summed E-state index contributed by atoms with van der Waals surface area (Å²) < 4.78 is 5.06. The third-order valence-electron chi connectivity index (χ3n) is 10.2. The molecule has 0 nitrogen and oxygen atoms in total. The van der Waals surface area contributed by atoms with E-state index in [-0.39, 0.29) is 44.8 Å². The molecular weight excluding hydrogens is 1170 g/mol. The fourth-order valence-electron chi connectivity index (χ4n) is 7.33. The molecule has 0 unspecified atom stereocenters. The first-order valence-corrected chi connectivity index (χ1v) is 24.3. The number of hydrogen-bond donors (Lipinski definition) is 0. The zero-order chi connectivity index (χ0) is 39.5. The Morgan fingerprint density at radius 1 is 0.333 bits per heavy atom. The van der Waals surface area contributed by atoms with Crippen LogP contribution in [-0.2, 0) is 44.8 Å². The van der Waals surface area contributed by atoms with Crippen LogP contribution in [0.4, 0.5) is 0 Å². The minimum Gasteiger partial charge on any atom is -0.366 e. The quantitative estimate of drug-likeness (QED) is 0.0646. The molecule has 0 bridgehead atoms. The van der Waals surface area contributed by atoms with Gasteiger partial charge in [0.15, 0.2) is 0 Å². The SMILES string of the molecule is [Au+].[Au+].[C-]#Cc1ccc2c(c1)sc1ccccc12.[C-]#Cc1ccc2c(c1)sc1ccccc12.c1ccc([PH+](CC[PH+](c2ccccc2)c2ccccc2)c2ccccc2)cc1. The molecule has 10 rings (SSSR count). The summed E-state index contributed by atoms with van der Waals surface area (Å²) in [5.74, 6) is 4.84. The van der Waals surface area contributed by atoms with Crippen LogP contribution in [0.1, 0.15) is 11.1 Å². The molecule has 2 heterocycles. The summed E-state index contributed by atoms with van der Waals surface area (Å²) in [7, 11) is -1.57. The normalized spacial score (nSPS) is 10.5. The largest absolute Gasteiger partial charge is 1.00 e. The van der Waals surface area contributed by atoms with Crippen molar-refractivity contribution in [3.63, 3.8) is 0 Å². The van der Waals surface area contributed by atoms with Gasteiger partial charge in [-0.15, -0.1) is 58.1 Å². The van der Waals surface area contributed by atoms with Crippen LogP contribution in [0.25, 0.3) is 40.3 Å². The number of rotatable bonds is 7. The fourth-order valence-corrected chi connectivity index (χ4v) is 15.8. The van der Waals surface area contributed by atoms with Crippen LogP contribution in [0, 0.1) is 24.7 Å². The van der Waals surface area contributed by atoms with Gasteiger partial charge in [0, 0.05) is 29.6 Å². The van der Waals surface area contributed by atoms with E-state index in [0.29, 0.717) is 0 Å². The predicted octanol–water partition coefficient (Wildman–Crippen LogP) is 12.7. The summed E-state index contributed by atoms with van der Waals surface area (Å²) in [6, 6.07) is 73.4. The first-order valence-electron chi connectivity index (χ1n) is 19.3. The van der Waals surface area contributed by atoms with Crippen molar-refractivity contribution in [3.05, 3.63) is 230 Å². The molecule has 8 aromatic carbocycles. The molecular formula is C54H40Au2P2S2+2. The Morgan fingerprint density at radius 3 is 0.933 bits per heavy atom. The Hall–Kier alpha value is -4.34. The van der Waals surface area contributed by atoms with Crippen molar-refractivity contribution >= 4 is 100 Å². The monoisotopic (exact) mass is 1210 g/mol. The molecule has 0 N–H and O–H groups in total. The average molecular weight is 1210 g/mol. The minimum absolute atomic E-state index is 0. The molecule has 0 spiro atoms. The Bertz CT molecular complexity index is 2700. The van der Waals surface area contributed by atoms with E-state index in [1.807, 2.05) is 24.3 Å². The van der Waals surface area contributed by atoms with Gasteiger partial charge in [-0.2, -0.15) is 0 Å². The van der Waals surface area contributed by atoms with Crippen molar-refractivity contribution in [1.29, 1.82) is 0 Å². The number of fused-ring (bicyclic) bond motifs is 6. The molecule has 298 valence electrons. The summed E-state index contributed by atoms with van der Waals surface area (Å²) in [5.41, 5.74) is 1.68. The van der Waals surface area contributed by atoms with Gasteiger partial charge >= 0.3 is 44.8 Å². The molecule has 0 aliphatic carbocycles. The van der Waals surface area contributed by atoms with E-state index >= 15 is 0 Å². The molecule has 0 saturated heterocycles. The van der Waals surface area contributed by atoms with Gasteiger partial charge in [0.1, 0.15) is 12.3 Å². The van der Waals surface area contributed by atoms with Gasteiger partial charge in [-0.3, -0.25) is 11.8 Å². The van der Waals surface area contributed by atoms with E-state index in [4.69, 9.17) is 12.8 Å². The average Bonchev–Trinajstić information content (AvgIpc) is 3.87. The summed E-state index contributed by atoms with van der Waals surface area (Å²) in [6.45, 7) is 0. The van der Waals surface area contributed by atoms with Crippen LogP contribution < -0.4 is 21.2 Å². The van der Waals surface area contributed by atoms with Crippen LogP contribution in [-0.4, -0.2) is 12.3 Å². The summed E-state index contributed by atoms with van der Waals surface area (Å²) >= 11 is 3.54. The molecule has 2 aromatic heterocycles. The van der Waals surface area contributed by atoms with E-state index in [2.05, 4.69) is 194 Å². The van der Waals surface area contributed by atoms with E-state index in [0.717, 1.165) is 11.1 Å². The first kappa shape index (κ1) is 45.2. The van der Waals surface area contributed by atoms with Crippen molar-refractivity contribution in [1.82, 2.24) is 0 Å².